The van der Waals surface area contributed by atoms with E-state index in [1.54, 1.807) is 0 Å². The first-order valence-corrected chi connectivity index (χ1v) is 21.8. The summed E-state index contributed by atoms with van der Waals surface area (Å²) in [6.45, 7) is 4.31. The average Bonchev–Trinajstić information content (AvgIpc) is 3.04. The van der Waals surface area contributed by atoms with Gasteiger partial charge in [-0.25, -0.2) is 4.57 Å². The smallest absolute Gasteiger partial charge is 0.462 e. The first-order chi connectivity index (χ1) is 23.5. The highest BCUT2D eigenvalue weighted by Crippen LogP contribution is 2.43. The number of rotatable bonds is 37. The van der Waals surface area contributed by atoms with Crippen molar-refractivity contribution in [3.8, 4) is 0 Å². The molecule has 0 aliphatic rings. The summed E-state index contributed by atoms with van der Waals surface area (Å²) in [7, 11) is 1.49. The van der Waals surface area contributed by atoms with Crippen LogP contribution in [0.1, 0.15) is 187 Å². The molecule has 49 heavy (non-hydrogen) atoms. The Morgan fingerprint density at radius 1 is 0.551 bits per heavy atom. The van der Waals surface area contributed by atoms with Crippen LogP contribution >= 0.6 is 7.82 Å². The minimum Gasteiger partial charge on any atom is -0.462 e. The second kappa shape index (κ2) is 32.9. The molecule has 2 unspecified atom stereocenters. The summed E-state index contributed by atoms with van der Waals surface area (Å²) in [5.74, 6) is -0.808. The van der Waals surface area contributed by atoms with E-state index in [1.807, 2.05) is 21.1 Å². The zero-order valence-corrected chi connectivity index (χ0v) is 33.6. The van der Waals surface area contributed by atoms with Crippen molar-refractivity contribution in [3.63, 3.8) is 0 Å². The Bertz CT molecular complexity index is 819. The van der Waals surface area contributed by atoms with E-state index >= 15 is 0 Å². The first kappa shape index (κ1) is 48.0. The van der Waals surface area contributed by atoms with Gasteiger partial charge in [-0.15, -0.1) is 0 Å². The number of nitrogens with zero attached hydrogens (tertiary/aromatic N) is 1. The summed E-state index contributed by atoms with van der Waals surface area (Å²) in [4.78, 5) is 34.8. The monoisotopic (exact) mass is 721 g/mol. The number of carbonyl (C=O) groups excluding carboxylic acids is 2. The molecule has 0 fully saturated rings. The van der Waals surface area contributed by atoms with E-state index in [4.69, 9.17) is 18.5 Å². The molecule has 10 heteroatoms. The second-order valence-electron chi connectivity index (χ2n) is 15.0. The van der Waals surface area contributed by atoms with E-state index in [9.17, 15) is 19.0 Å². The van der Waals surface area contributed by atoms with E-state index in [0.29, 0.717) is 11.0 Å². The van der Waals surface area contributed by atoms with Gasteiger partial charge >= 0.3 is 19.8 Å². The number of carbonyl (C=O) groups is 2. The normalized spacial score (nSPS) is 13.7. The zero-order chi connectivity index (χ0) is 36.5. The van der Waals surface area contributed by atoms with Gasteiger partial charge < -0.3 is 18.9 Å². The summed E-state index contributed by atoms with van der Waals surface area (Å²) in [6, 6.07) is 0. The highest BCUT2D eigenvalue weighted by atomic mass is 31.2. The fourth-order valence-corrected chi connectivity index (χ4v) is 6.40. The van der Waals surface area contributed by atoms with Gasteiger partial charge in [-0.2, -0.15) is 0 Å². The maximum absolute atomic E-state index is 12.6. The molecule has 0 aromatic carbocycles. The molecule has 0 aliphatic heterocycles. The van der Waals surface area contributed by atoms with Crippen LogP contribution < -0.4 is 0 Å². The van der Waals surface area contributed by atoms with Gasteiger partial charge in [0.25, 0.3) is 0 Å². The third kappa shape index (κ3) is 36.6. The Balaban J connectivity index is 4.06. The van der Waals surface area contributed by atoms with Crippen molar-refractivity contribution < 1.29 is 42.1 Å². The van der Waals surface area contributed by atoms with Crippen LogP contribution in [-0.4, -0.2) is 74.9 Å². The van der Waals surface area contributed by atoms with Gasteiger partial charge in [0.2, 0.25) is 0 Å². The van der Waals surface area contributed by atoms with E-state index in [2.05, 4.69) is 13.8 Å². The quantitative estimate of drug-likeness (QED) is 0.0292. The molecule has 0 rings (SSSR count). The van der Waals surface area contributed by atoms with Gasteiger partial charge in [0, 0.05) is 12.8 Å². The van der Waals surface area contributed by atoms with Gasteiger partial charge in [0.05, 0.1) is 27.7 Å². The number of unbranched alkanes of at least 4 members (excludes halogenated alkanes) is 23. The number of hydrogen-bond acceptors (Lipinski definition) is 7. The predicted octanol–water partition coefficient (Wildman–Crippen LogP) is 10.9. The van der Waals surface area contributed by atoms with Crippen molar-refractivity contribution in [2.45, 2.75) is 193 Å². The number of likely N-dealkylation sites (N-methyl/N-ethyl adjacent to an activating group) is 1. The molecule has 0 bridgehead atoms. The Labute approximate surface area is 302 Å². The lowest BCUT2D eigenvalue weighted by molar-refractivity contribution is -0.870. The van der Waals surface area contributed by atoms with Crippen LogP contribution in [0.3, 0.4) is 0 Å². The lowest BCUT2D eigenvalue weighted by Gasteiger charge is -2.24. The van der Waals surface area contributed by atoms with Crippen LogP contribution in [0.2, 0.25) is 0 Å². The van der Waals surface area contributed by atoms with Gasteiger partial charge in [0.1, 0.15) is 19.8 Å². The summed E-state index contributed by atoms with van der Waals surface area (Å²) in [5.41, 5.74) is 0. The Morgan fingerprint density at radius 3 is 1.33 bits per heavy atom. The van der Waals surface area contributed by atoms with Crippen molar-refractivity contribution in [3.05, 3.63) is 0 Å². The molecule has 0 aromatic rings. The SMILES string of the molecule is CCCCCCCCCCCCCCCCCCCCCCCC(=O)OC(COC(=O)CCCCCC)COP(=O)(O)OCC[N+](C)(C)C. The zero-order valence-electron chi connectivity index (χ0n) is 32.7. The topological polar surface area (TPSA) is 108 Å². The highest BCUT2D eigenvalue weighted by molar-refractivity contribution is 7.47. The third-order valence-corrected chi connectivity index (χ3v) is 9.87. The van der Waals surface area contributed by atoms with Crippen LogP contribution in [0.4, 0.5) is 0 Å². The molecular formula is C39H79NO8P+. The maximum Gasteiger partial charge on any atom is 0.472 e. The number of phosphoric acid groups is 1. The molecule has 0 heterocycles. The van der Waals surface area contributed by atoms with Gasteiger partial charge in [-0.3, -0.25) is 18.6 Å². The predicted molar refractivity (Wildman–Crippen MR) is 201 cm³/mol. The molecule has 2 atom stereocenters. The van der Waals surface area contributed by atoms with Gasteiger partial charge in [0.15, 0.2) is 6.10 Å². The standard InChI is InChI=1S/C39H78NO8P/c1-6-8-10-12-13-14-15-16-17-18-19-20-21-22-23-24-25-26-27-28-30-32-39(42)48-37(35-45-38(41)31-29-11-9-7-2)36-47-49(43,44)46-34-33-40(3,4)5/h37H,6-36H2,1-5H3/p+1. The lowest BCUT2D eigenvalue weighted by atomic mass is 10.0. The molecule has 0 aliphatic carbocycles. The first-order valence-electron chi connectivity index (χ1n) is 20.3. The van der Waals surface area contributed by atoms with E-state index in [0.717, 1.165) is 44.9 Å². The fourth-order valence-electron chi connectivity index (χ4n) is 5.66. The Kier molecular flexibility index (Phi) is 32.2. The molecule has 0 spiro atoms. The van der Waals surface area contributed by atoms with Crippen LogP contribution in [0.5, 0.6) is 0 Å². The summed E-state index contributed by atoms with van der Waals surface area (Å²) >= 11 is 0. The second-order valence-corrected chi connectivity index (χ2v) is 16.5. The summed E-state index contributed by atoms with van der Waals surface area (Å²) in [6.07, 6.45) is 30.7. The van der Waals surface area contributed by atoms with E-state index in [-0.39, 0.29) is 32.0 Å². The highest BCUT2D eigenvalue weighted by Gasteiger charge is 2.27. The van der Waals surface area contributed by atoms with Crippen LogP contribution in [0, 0.1) is 0 Å². The number of esters is 2. The van der Waals surface area contributed by atoms with E-state index < -0.39 is 26.5 Å². The van der Waals surface area contributed by atoms with Crippen molar-refractivity contribution in [1.82, 2.24) is 0 Å². The van der Waals surface area contributed by atoms with Crippen LogP contribution in [0.15, 0.2) is 0 Å². The average molecular weight is 721 g/mol. The molecule has 1 N–H and O–H groups in total. The fraction of sp³-hybridized carbons (Fsp3) is 0.949. The molecule has 0 saturated carbocycles. The number of hydrogen-bond donors (Lipinski definition) is 1. The van der Waals surface area contributed by atoms with Crippen LogP contribution in [-0.2, 0) is 32.7 Å². The minimum absolute atomic E-state index is 0.0357. The molecule has 292 valence electrons. The molecule has 0 saturated heterocycles. The van der Waals surface area contributed by atoms with Crippen molar-refractivity contribution in [2.24, 2.45) is 0 Å². The van der Waals surface area contributed by atoms with Gasteiger partial charge in [-0.05, 0) is 12.8 Å². The summed E-state index contributed by atoms with van der Waals surface area (Å²) < 4.78 is 33.9. The van der Waals surface area contributed by atoms with Crippen molar-refractivity contribution >= 4 is 19.8 Å². The molecule has 9 nitrogen and oxygen atoms in total. The third-order valence-electron chi connectivity index (χ3n) is 8.89. The maximum atomic E-state index is 12.6. The minimum atomic E-state index is -4.35. The van der Waals surface area contributed by atoms with E-state index in [1.165, 1.54) is 116 Å². The Hall–Kier alpha value is -0.990. The number of phosphoric ester groups is 1. The van der Waals surface area contributed by atoms with Crippen molar-refractivity contribution in [2.75, 3.05) is 47.5 Å². The molecular weight excluding hydrogens is 641 g/mol. The van der Waals surface area contributed by atoms with Crippen LogP contribution in [0.25, 0.3) is 0 Å². The molecule has 0 amide bonds. The number of ether oxygens (including phenoxy) is 2. The largest absolute Gasteiger partial charge is 0.472 e. The van der Waals surface area contributed by atoms with Gasteiger partial charge in [-0.1, -0.05) is 162 Å². The summed E-state index contributed by atoms with van der Waals surface area (Å²) in [5, 5.41) is 0. The lowest BCUT2D eigenvalue weighted by Crippen LogP contribution is -2.37. The Morgan fingerprint density at radius 2 is 0.918 bits per heavy atom. The number of quaternary nitrogens is 1. The van der Waals surface area contributed by atoms with Crippen molar-refractivity contribution in [1.29, 1.82) is 0 Å². The molecule has 0 radical (unpaired) electrons. The molecule has 0 aromatic heterocycles.